The maximum atomic E-state index is 10.0. The molecular weight excluding hydrogens is 294 g/mol. The highest BCUT2D eigenvalue weighted by atomic mass is 16.3. The molecule has 0 saturated heterocycles. The molecule has 1 aromatic rings. The molecule has 0 heterocycles. The fourth-order valence-corrected chi connectivity index (χ4v) is 4.12. The molecule has 0 aliphatic heterocycles. The van der Waals surface area contributed by atoms with E-state index in [2.05, 4.69) is 24.8 Å². The Bertz CT molecular complexity index is 471. The molecule has 1 aliphatic carbocycles. The molecule has 2 rings (SSSR count). The molecule has 0 fully saturated rings. The normalized spacial score (nSPS) is 17.2. The number of phenolic OH excluding ortho intramolecular Hbond substituents is 1. The highest BCUT2D eigenvalue weighted by molar-refractivity contribution is 5.41. The standard InChI is InChI=1S/C22H37NO/c1-3-5-6-7-8-9-10-17-23(16-4-2)20-14-15-21-19(18-20)12-11-13-22(21)24/h11-13,20,24H,3-10,14-18H2,1-2H3/t20-/m0/s1. The third kappa shape index (κ3) is 5.81. The second-order valence-electron chi connectivity index (χ2n) is 7.47. The number of phenols is 1. The molecule has 1 aliphatic rings. The van der Waals surface area contributed by atoms with Gasteiger partial charge in [-0.05, 0) is 62.4 Å². The van der Waals surface area contributed by atoms with Crippen molar-refractivity contribution < 1.29 is 5.11 Å². The lowest BCUT2D eigenvalue weighted by Crippen LogP contribution is -2.40. The summed E-state index contributed by atoms with van der Waals surface area (Å²) in [5.74, 6) is 0.500. The number of hydrogen-bond donors (Lipinski definition) is 1. The molecule has 0 saturated carbocycles. The Morgan fingerprint density at radius 2 is 1.71 bits per heavy atom. The molecular formula is C22H37NO. The van der Waals surface area contributed by atoms with Crippen LogP contribution in [0.2, 0.25) is 0 Å². The lowest BCUT2D eigenvalue weighted by molar-refractivity contribution is 0.175. The molecule has 24 heavy (non-hydrogen) atoms. The van der Waals surface area contributed by atoms with E-state index in [-0.39, 0.29) is 0 Å². The van der Waals surface area contributed by atoms with Crippen molar-refractivity contribution in [1.82, 2.24) is 4.90 Å². The van der Waals surface area contributed by atoms with E-state index in [1.54, 1.807) is 0 Å². The quantitative estimate of drug-likeness (QED) is 0.525. The van der Waals surface area contributed by atoms with Crippen molar-refractivity contribution in [3.8, 4) is 5.75 Å². The molecule has 0 aromatic heterocycles. The zero-order valence-electron chi connectivity index (χ0n) is 15.9. The predicted molar refractivity (Wildman–Crippen MR) is 104 cm³/mol. The van der Waals surface area contributed by atoms with Crippen LogP contribution >= 0.6 is 0 Å². The van der Waals surface area contributed by atoms with Gasteiger partial charge in [-0.3, -0.25) is 0 Å². The Hall–Kier alpha value is -1.02. The van der Waals surface area contributed by atoms with E-state index in [9.17, 15) is 5.11 Å². The molecule has 2 heteroatoms. The van der Waals surface area contributed by atoms with Crippen molar-refractivity contribution in [2.75, 3.05) is 13.1 Å². The van der Waals surface area contributed by atoms with Gasteiger partial charge in [-0.2, -0.15) is 0 Å². The SMILES string of the molecule is CCCCCCCCCN(CCC)[C@H]1CCc2c(O)cccc2C1. The minimum Gasteiger partial charge on any atom is -0.508 e. The van der Waals surface area contributed by atoms with Crippen LogP contribution in [0.3, 0.4) is 0 Å². The summed E-state index contributed by atoms with van der Waals surface area (Å²) < 4.78 is 0. The highest BCUT2D eigenvalue weighted by Crippen LogP contribution is 2.30. The van der Waals surface area contributed by atoms with Crippen molar-refractivity contribution >= 4 is 0 Å². The van der Waals surface area contributed by atoms with Crippen molar-refractivity contribution in [2.24, 2.45) is 0 Å². The largest absolute Gasteiger partial charge is 0.508 e. The number of unbranched alkanes of at least 4 members (excludes halogenated alkanes) is 6. The molecule has 0 unspecified atom stereocenters. The summed E-state index contributed by atoms with van der Waals surface area (Å²) in [6, 6.07) is 6.71. The Morgan fingerprint density at radius 3 is 2.46 bits per heavy atom. The van der Waals surface area contributed by atoms with E-state index < -0.39 is 0 Å². The molecule has 1 atom stereocenters. The minimum atomic E-state index is 0.500. The average molecular weight is 332 g/mol. The summed E-state index contributed by atoms with van der Waals surface area (Å²) in [4.78, 5) is 2.72. The van der Waals surface area contributed by atoms with E-state index in [1.165, 1.54) is 82.0 Å². The van der Waals surface area contributed by atoms with Crippen LogP contribution in [-0.2, 0) is 12.8 Å². The van der Waals surface area contributed by atoms with Crippen LogP contribution in [0.25, 0.3) is 0 Å². The molecule has 0 amide bonds. The summed E-state index contributed by atoms with van der Waals surface area (Å²) in [6.45, 7) is 7.04. The Kier molecular flexibility index (Phi) is 8.66. The molecule has 0 radical (unpaired) electrons. The maximum Gasteiger partial charge on any atom is 0.119 e. The summed E-state index contributed by atoms with van der Waals surface area (Å²) in [5.41, 5.74) is 2.56. The van der Waals surface area contributed by atoms with Crippen LogP contribution < -0.4 is 0 Å². The van der Waals surface area contributed by atoms with Crippen molar-refractivity contribution in [3.63, 3.8) is 0 Å². The van der Waals surface area contributed by atoms with Gasteiger partial charge < -0.3 is 10.0 Å². The zero-order valence-corrected chi connectivity index (χ0v) is 15.9. The first-order valence-corrected chi connectivity index (χ1v) is 10.3. The van der Waals surface area contributed by atoms with Crippen molar-refractivity contribution in [2.45, 2.75) is 90.5 Å². The number of benzene rings is 1. The van der Waals surface area contributed by atoms with Gasteiger partial charge in [-0.1, -0.05) is 64.5 Å². The van der Waals surface area contributed by atoms with Crippen molar-refractivity contribution in [3.05, 3.63) is 29.3 Å². The molecule has 0 spiro atoms. The van der Waals surface area contributed by atoms with E-state index in [0.717, 1.165) is 12.8 Å². The number of hydrogen-bond acceptors (Lipinski definition) is 2. The smallest absolute Gasteiger partial charge is 0.119 e. The fourth-order valence-electron chi connectivity index (χ4n) is 4.12. The van der Waals surface area contributed by atoms with Crippen LogP contribution in [0.5, 0.6) is 5.75 Å². The molecule has 0 bridgehead atoms. The lowest BCUT2D eigenvalue weighted by Gasteiger charge is -2.35. The first-order valence-electron chi connectivity index (χ1n) is 10.3. The van der Waals surface area contributed by atoms with Crippen LogP contribution in [0.1, 0.15) is 82.8 Å². The average Bonchev–Trinajstić information content (AvgIpc) is 2.60. The van der Waals surface area contributed by atoms with Gasteiger partial charge in [0.05, 0.1) is 0 Å². The first kappa shape index (κ1) is 19.3. The lowest BCUT2D eigenvalue weighted by atomic mass is 9.86. The predicted octanol–water partition coefficient (Wildman–Crippen LogP) is 5.71. The molecule has 1 N–H and O–H groups in total. The number of aromatic hydroxyl groups is 1. The van der Waals surface area contributed by atoms with Gasteiger partial charge >= 0.3 is 0 Å². The summed E-state index contributed by atoms with van der Waals surface area (Å²) in [7, 11) is 0. The third-order valence-corrected chi connectivity index (χ3v) is 5.51. The minimum absolute atomic E-state index is 0.500. The van der Waals surface area contributed by atoms with Crippen LogP contribution in [0.4, 0.5) is 0 Å². The van der Waals surface area contributed by atoms with Crippen LogP contribution in [0, 0.1) is 0 Å². The number of rotatable bonds is 11. The molecule has 2 nitrogen and oxygen atoms in total. The van der Waals surface area contributed by atoms with Crippen LogP contribution in [-0.4, -0.2) is 29.1 Å². The van der Waals surface area contributed by atoms with E-state index in [0.29, 0.717) is 11.8 Å². The van der Waals surface area contributed by atoms with Gasteiger partial charge in [0.2, 0.25) is 0 Å². The van der Waals surface area contributed by atoms with Gasteiger partial charge in [0, 0.05) is 6.04 Å². The van der Waals surface area contributed by atoms with Gasteiger partial charge in [-0.15, -0.1) is 0 Å². The third-order valence-electron chi connectivity index (χ3n) is 5.51. The fraction of sp³-hybridized carbons (Fsp3) is 0.727. The summed E-state index contributed by atoms with van der Waals surface area (Å²) in [5, 5.41) is 10.0. The summed E-state index contributed by atoms with van der Waals surface area (Å²) >= 11 is 0. The van der Waals surface area contributed by atoms with Gasteiger partial charge in [0.1, 0.15) is 5.75 Å². The maximum absolute atomic E-state index is 10.0. The zero-order chi connectivity index (χ0) is 17.2. The second-order valence-corrected chi connectivity index (χ2v) is 7.47. The van der Waals surface area contributed by atoms with Gasteiger partial charge in [0.25, 0.3) is 0 Å². The topological polar surface area (TPSA) is 23.5 Å². The molecule has 136 valence electrons. The Labute approximate surface area is 149 Å². The van der Waals surface area contributed by atoms with Gasteiger partial charge in [0.15, 0.2) is 0 Å². The summed E-state index contributed by atoms with van der Waals surface area (Å²) in [6.07, 6.45) is 14.3. The monoisotopic (exact) mass is 331 g/mol. The number of fused-ring (bicyclic) bond motifs is 1. The van der Waals surface area contributed by atoms with E-state index >= 15 is 0 Å². The van der Waals surface area contributed by atoms with Gasteiger partial charge in [-0.25, -0.2) is 0 Å². The highest BCUT2D eigenvalue weighted by Gasteiger charge is 2.24. The second kappa shape index (κ2) is 10.8. The van der Waals surface area contributed by atoms with Crippen molar-refractivity contribution in [1.29, 1.82) is 0 Å². The van der Waals surface area contributed by atoms with E-state index in [4.69, 9.17) is 0 Å². The Morgan fingerprint density at radius 1 is 0.958 bits per heavy atom. The first-order chi connectivity index (χ1) is 11.8. The number of nitrogens with zero attached hydrogens (tertiary/aromatic N) is 1. The Balaban J connectivity index is 1.78. The van der Waals surface area contributed by atoms with Crippen LogP contribution in [0.15, 0.2) is 18.2 Å². The van der Waals surface area contributed by atoms with E-state index in [1.807, 2.05) is 12.1 Å². The molecule has 1 aromatic carbocycles.